The summed E-state index contributed by atoms with van der Waals surface area (Å²) < 4.78 is 11.2. The minimum Gasteiger partial charge on any atom is -0.394 e. The highest BCUT2D eigenvalue weighted by Crippen LogP contribution is 2.41. The molecule has 6 rings (SSSR count). The van der Waals surface area contributed by atoms with Gasteiger partial charge in [-0.15, -0.1) is 0 Å². The Hall–Kier alpha value is -4.71. The summed E-state index contributed by atoms with van der Waals surface area (Å²) in [6.45, 7) is 3.57. The fourth-order valence-corrected chi connectivity index (χ4v) is 4.62. The van der Waals surface area contributed by atoms with Gasteiger partial charge in [-0.05, 0) is 43.7 Å². The van der Waals surface area contributed by atoms with Crippen molar-refractivity contribution < 1.29 is 19.5 Å². The molecule has 0 bridgehead atoms. The van der Waals surface area contributed by atoms with E-state index in [-0.39, 0.29) is 12.5 Å². The largest absolute Gasteiger partial charge is 0.394 e. The van der Waals surface area contributed by atoms with Crippen LogP contribution in [0, 0.1) is 0 Å². The monoisotopic (exact) mass is 537 g/mol. The number of pyridine rings is 3. The number of nitrogens with zero attached hydrogens (tertiary/aromatic N) is 5. The minimum atomic E-state index is -1.01. The van der Waals surface area contributed by atoms with Gasteiger partial charge in [-0.25, -0.2) is 9.97 Å². The lowest BCUT2D eigenvalue weighted by Gasteiger charge is -2.20. The van der Waals surface area contributed by atoms with E-state index in [0.717, 1.165) is 11.1 Å². The summed E-state index contributed by atoms with van der Waals surface area (Å²) >= 11 is 0. The second kappa shape index (κ2) is 10.5. The van der Waals surface area contributed by atoms with Crippen molar-refractivity contribution >= 4 is 17.3 Å². The topological polar surface area (TPSA) is 151 Å². The molecule has 1 unspecified atom stereocenters. The number of aliphatic hydroxyl groups is 2. The predicted octanol–water partition coefficient (Wildman–Crippen LogP) is 4.73. The molecule has 0 amide bonds. The highest BCUT2D eigenvalue weighted by Gasteiger charge is 2.38. The first-order valence-electron chi connectivity index (χ1n) is 12.7. The average Bonchev–Trinajstić information content (AvgIpc) is 3.55. The van der Waals surface area contributed by atoms with E-state index in [9.17, 15) is 10.2 Å². The lowest BCUT2D eigenvalue weighted by atomic mass is 10.0. The Bertz CT molecular complexity index is 1630. The van der Waals surface area contributed by atoms with Gasteiger partial charge in [0.2, 0.25) is 5.82 Å². The van der Waals surface area contributed by atoms with Crippen molar-refractivity contribution in [3.8, 4) is 22.8 Å². The van der Waals surface area contributed by atoms with Crippen LogP contribution in [0.1, 0.15) is 43.0 Å². The predicted molar refractivity (Wildman–Crippen MR) is 147 cm³/mol. The first-order chi connectivity index (χ1) is 19.4. The van der Waals surface area contributed by atoms with E-state index in [2.05, 4.69) is 35.7 Å². The van der Waals surface area contributed by atoms with Crippen LogP contribution in [0.15, 0.2) is 83.8 Å². The van der Waals surface area contributed by atoms with Crippen LogP contribution < -0.4 is 10.6 Å². The van der Waals surface area contributed by atoms with Gasteiger partial charge >= 0.3 is 0 Å². The van der Waals surface area contributed by atoms with Gasteiger partial charge in [-0.1, -0.05) is 35.5 Å². The molecule has 4 N–H and O–H groups in total. The Balaban J connectivity index is 1.36. The number of aliphatic hydroxyl groups excluding tert-OH is 2. The fraction of sp³-hybridized carbons (Fsp3) is 0.207. The Kier molecular flexibility index (Phi) is 6.68. The van der Waals surface area contributed by atoms with Crippen LogP contribution in [0.2, 0.25) is 0 Å². The number of hydrogen-bond donors (Lipinski definition) is 4. The van der Waals surface area contributed by atoms with E-state index in [4.69, 9.17) is 9.26 Å². The highest BCUT2D eigenvalue weighted by atomic mass is 16.6. The van der Waals surface area contributed by atoms with Gasteiger partial charge in [-0.3, -0.25) is 4.98 Å². The smallest absolute Gasteiger partial charge is 0.261 e. The Labute approximate surface area is 229 Å². The first kappa shape index (κ1) is 25.6. The normalized spacial score (nSPS) is 16.4. The SMILES string of the molecule is CC1(C)OC(O)c2ccc(Nc3cc(N[C@H](CO)c4ccccc4)c(-c4nc(-c5ccncc5)no4)cn3)nc21. The van der Waals surface area contributed by atoms with Crippen molar-refractivity contribution in [2.75, 3.05) is 17.2 Å². The molecule has 1 aliphatic rings. The molecule has 0 spiro atoms. The fourth-order valence-electron chi connectivity index (χ4n) is 4.62. The number of aromatic nitrogens is 5. The van der Waals surface area contributed by atoms with E-state index in [0.29, 0.717) is 40.0 Å². The van der Waals surface area contributed by atoms with E-state index >= 15 is 0 Å². The number of rotatable bonds is 8. The molecule has 0 aliphatic carbocycles. The van der Waals surface area contributed by atoms with Crippen LogP contribution >= 0.6 is 0 Å². The number of ether oxygens (including phenoxy) is 1. The molecule has 1 aliphatic heterocycles. The summed E-state index contributed by atoms with van der Waals surface area (Å²) in [5.74, 6) is 1.72. The maximum Gasteiger partial charge on any atom is 0.261 e. The summed E-state index contributed by atoms with van der Waals surface area (Å²) in [4.78, 5) is 17.9. The molecule has 0 fully saturated rings. The van der Waals surface area contributed by atoms with E-state index in [1.165, 1.54) is 0 Å². The van der Waals surface area contributed by atoms with Crippen LogP contribution in [0.5, 0.6) is 0 Å². The van der Waals surface area contributed by atoms with Crippen LogP contribution in [0.25, 0.3) is 22.8 Å². The van der Waals surface area contributed by atoms with Crippen LogP contribution in [-0.4, -0.2) is 41.9 Å². The molecular weight excluding hydrogens is 510 g/mol. The third kappa shape index (κ3) is 5.00. The molecule has 0 saturated heterocycles. The average molecular weight is 538 g/mol. The second-order valence-corrected chi connectivity index (χ2v) is 9.80. The Morgan fingerprint density at radius 2 is 1.80 bits per heavy atom. The lowest BCUT2D eigenvalue weighted by molar-refractivity contribution is -0.158. The standard InChI is InChI=1S/C29H27N7O4/c1-29(2)25-19(28(38)39-29)8-9-23(34-25)33-24-14-21(32-22(16-37)17-6-4-3-5-7-17)20(15-31-24)27-35-26(36-40-27)18-10-12-30-13-11-18/h3-15,22,28,37-38H,16H2,1-2H3,(H2,31,32,33,34)/t22-,28?/m1/s1. The van der Waals surface area contributed by atoms with Gasteiger partial charge < -0.3 is 30.1 Å². The van der Waals surface area contributed by atoms with Crippen molar-refractivity contribution in [1.82, 2.24) is 25.1 Å². The van der Waals surface area contributed by atoms with Crippen molar-refractivity contribution in [2.45, 2.75) is 31.8 Å². The maximum absolute atomic E-state index is 10.2. The molecule has 11 nitrogen and oxygen atoms in total. The summed E-state index contributed by atoms with van der Waals surface area (Å²) in [6, 6.07) is 18.2. The first-order valence-corrected chi connectivity index (χ1v) is 12.7. The van der Waals surface area contributed by atoms with Crippen molar-refractivity contribution in [3.05, 3.63) is 96.1 Å². The molecule has 0 radical (unpaired) electrons. The number of nitrogens with one attached hydrogen (secondary N) is 2. The molecule has 11 heteroatoms. The van der Waals surface area contributed by atoms with Gasteiger partial charge in [0, 0.05) is 35.8 Å². The van der Waals surface area contributed by atoms with Gasteiger partial charge in [0.25, 0.3) is 5.89 Å². The number of anilines is 3. The summed E-state index contributed by atoms with van der Waals surface area (Å²) in [5.41, 5.74) is 3.41. The number of hydrogen-bond acceptors (Lipinski definition) is 11. The zero-order valence-corrected chi connectivity index (χ0v) is 21.8. The third-order valence-corrected chi connectivity index (χ3v) is 6.64. The summed E-state index contributed by atoms with van der Waals surface area (Å²) in [6.07, 6.45) is 3.93. The minimum absolute atomic E-state index is 0.148. The molecule has 5 heterocycles. The molecule has 0 saturated carbocycles. The Morgan fingerprint density at radius 1 is 1.00 bits per heavy atom. The second-order valence-electron chi connectivity index (χ2n) is 9.80. The molecule has 2 atom stereocenters. The van der Waals surface area contributed by atoms with Crippen molar-refractivity contribution in [2.24, 2.45) is 0 Å². The zero-order chi connectivity index (χ0) is 27.7. The number of benzene rings is 1. The Morgan fingerprint density at radius 3 is 2.58 bits per heavy atom. The van der Waals surface area contributed by atoms with E-state index in [1.54, 1.807) is 48.9 Å². The molecule has 5 aromatic rings. The van der Waals surface area contributed by atoms with Crippen LogP contribution in [0.3, 0.4) is 0 Å². The van der Waals surface area contributed by atoms with Crippen molar-refractivity contribution in [3.63, 3.8) is 0 Å². The summed E-state index contributed by atoms with van der Waals surface area (Å²) in [7, 11) is 0. The molecular formula is C29H27N7O4. The molecule has 202 valence electrons. The molecule has 40 heavy (non-hydrogen) atoms. The molecule has 4 aromatic heterocycles. The van der Waals surface area contributed by atoms with Gasteiger partial charge in [-0.2, -0.15) is 4.98 Å². The quantitative estimate of drug-likeness (QED) is 0.217. The van der Waals surface area contributed by atoms with E-state index in [1.807, 2.05) is 44.2 Å². The number of fused-ring (bicyclic) bond motifs is 1. The molecule has 1 aromatic carbocycles. The highest BCUT2D eigenvalue weighted by molar-refractivity contribution is 5.76. The summed E-state index contributed by atoms with van der Waals surface area (Å²) in [5, 5.41) is 31.2. The lowest BCUT2D eigenvalue weighted by Crippen LogP contribution is -2.17. The van der Waals surface area contributed by atoms with Gasteiger partial charge in [0.05, 0.1) is 29.6 Å². The van der Waals surface area contributed by atoms with Crippen molar-refractivity contribution in [1.29, 1.82) is 0 Å². The maximum atomic E-state index is 10.2. The van der Waals surface area contributed by atoms with Gasteiger partial charge in [0.1, 0.15) is 17.2 Å². The van der Waals surface area contributed by atoms with Crippen LogP contribution in [0.4, 0.5) is 17.3 Å². The van der Waals surface area contributed by atoms with E-state index < -0.39 is 17.9 Å². The van der Waals surface area contributed by atoms with Gasteiger partial charge in [0.15, 0.2) is 6.29 Å². The van der Waals surface area contributed by atoms with Crippen LogP contribution in [-0.2, 0) is 10.3 Å². The zero-order valence-electron chi connectivity index (χ0n) is 21.8. The third-order valence-electron chi connectivity index (χ3n) is 6.64.